The van der Waals surface area contributed by atoms with E-state index in [2.05, 4.69) is 5.10 Å². The molecule has 31 heavy (non-hydrogen) atoms. The maximum absolute atomic E-state index is 12.9. The standard InChI is InChI=1S/C17H16F5N5O4/c1-31-14-7-12(24-2-4-25(5-3-24)15(28)17(20,21)22)11(6-13(14)27(29)30)10-8-23-26(9-10)16(18)19/h6-9,16H,2-5H2,1H3. The molecule has 168 valence electrons. The first kappa shape index (κ1) is 22.2. The molecule has 14 heteroatoms. The van der Waals surface area contributed by atoms with Crippen LogP contribution >= 0.6 is 0 Å². The lowest BCUT2D eigenvalue weighted by Gasteiger charge is -2.37. The van der Waals surface area contributed by atoms with Crippen LogP contribution < -0.4 is 9.64 Å². The average molecular weight is 449 g/mol. The highest BCUT2D eigenvalue weighted by Gasteiger charge is 2.43. The summed E-state index contributed by atoms with van der Waals surface area (Å²) in [6.07, 6.45) is -2.89. The molecule has 1 aliphatic heterocycles. The van der Waals surface area contributed by atoms with Gasteiger partial charge in [-0.1, -0.05) is 0 Å². The van der Waals surface area contributed by atoms with Crippen molar-refractivity contribution in [2.24, 2.45) is 0 Å². The smallest absolute Gasteiger partial charge is 0.471 e. The Hall–Kier alpha value is -3.45. The molecule has 1 fully saturated rings. The minimum Gasteiger partial charge on any atom is -0.490 e. The summed E-state index contributed by atoms with van der Waals surface area (Å²) in [5.74, 6) is -2.06. The van der Waals surface area contributed by atoms with Crippen molar-refractivity contribution in [3.8, 4) is 16.9 Å². The summed E-state index contributed by atoms with van der Waals surface area (Å²) in [4.78, 5) is 24.4. The van der Waals surface area contributed by atoms with Crippen LogP contribution in [0.15, 0.2) is 24.5 Å². The van der Waals surface area contributed by atoms with Crippen molar-refractivity contribution in [1.29, 1.82) is 0 Å². The fraction of sp³-hybridized carbons (Fsp3) is 0.412. The molecular weight excluding hydrogens is 433 g/mol. The molecule has 1 aliphatic rings. The molecule has 1 saturated heterocycles. The van der Waals surface area contributed by atoms with Crippen molar-refractivity contribution in [2.75, 3.05) is 38.2 Å². The van der Waals surface area contributed by atoms with E-state index >= 15 is 0 Å². The Kier molecular flexibility index (Phi) is 5.99. The van der Waals surface area contributed by atoms with Crippen LogP contribution in [-0.4, -0.2) is 65.0 Å². The van der Waals surface area contributed by atoms with E-state index in [0.29, 0.717) is 15.3 Å². The molecule has 0 unspecified atom stereocenters. The highest BCUT2D eigenvalue weighted by Crippen LogP contribution is 2.41. The third-order valence-corrected chi connectivity index (χ3v) is 4.76. The lowest BCUT2D eigenvalue weighted by atomic mass is 10.0. The predicted octanol–water partition coefficient (Wildman–Crippen LogP) is 3.07. The van der Waals surface area contributed by atoms with Gasteiger partial charge in [-0.3, -0.25) is 14.9 Å². The molecule has 0 N–H and O–H groups in total. The van der Waals surface area contributed by atoms with E-state index in [4.69, 9.17) is 4.74 Å². The van der Waals surface area contributed by atoms with Crippen LogP contribution in [-0.2, 0) is 4.79 Å². The number of carbonyl (C=O) groups is 1. The molecule has 3 rings (SSSR count). The van der Waals surface area contributed by atoms with Crippen molar-refractivity contribution in [2.45, 2.75) is 12.7 Å². The van der Waals surface area contributed by atoms with E-state index < -0.39 is 29.2 Å². The van der Waals surface area contributed by atoms with Crippen LogP contribution in [0.1, 0.15) is 6.55 Å². The SMILES string of the molecule is COc1cc(N2CCN(C(=O)C(F)(F)F)CC2)c(-c2cnn(C(F)F)c2)cc1[N+](=O)[O-]. The Morgan fingerprint density at radius 2 is 1.87 bits per heavy atom. The number of nitro groups is 1. The quantitative estimate of drug-likeness (QED) is 0.396. The summed E-state index contributed by atoms with van der Waals surface area (Å²) in [6.45, 7) is -3.44. The number of alkyl halides is 5. The van der Waals surface area contributed by atoms with Crippen molar-refractivity contribution < 1.29 is 36.4 Å². The van der Waals surface area contributed by atoms with Gasteiger partial charge in [0, 0.05) is 61.3 Å². The number of nitrogens with zero attached hydrogens (tertiary/aromatic N) is 5. The van der Waals surface area contributed by atoms with Crippen molar-refractivity contribution >= 4 is 17.3 Å². The number of anilines is 1. The van der Waals surface area contributed by atoms with Gasteiger partial charge in [0.1, 0.15) is 0 Å². The second kappa shape index (κ2) is 8.35. The summed E-state index contributed by atoms with van der Waals surface area (Å²) < 4.78 is 69.3. The number of piperazine rings is 1. The average Bonchev–Trinajstić information content (AvgIpc) is 3.22. The van der Waals surface area contributed by atoms with Crippen LogP contribution in [0, 0.1) is 10.1 Å². The fourth-order valence-corrected chi connectivity index (χ4v) is 3.27. The van der Waals surface area contributed by atoms with Gasteiger partial charge in [0.15, 0.2) is 5.75 Å². The van der Waals surface area contributed by atoms with Gasteiger partial charge in [0.05, 0.1) is 18.2 Å². The molecule has 0 spiro atoms. The number of hydrogen-bond acceptors (Lipinski definition) is 6. The van der Waals surface area contributed by atoms with Gasteiger partial charge < -0.3 is 14.5 Å². The lowest BCUT2D eigenvalue weighted by Crippen LogP contribution is -2.52. The number of nitro benzene ring substituents is 1. The highest BCUT2D eigenvalue weighted by atomic mass is 19.4. The van der Waals surface area contributed by atoms with Crippen molar-refractivity contribution in [1.82, 2.24) is 14.7 Å². The molecule has 9 nitrogen and oxygen atoms in total. The van der Waals surface area contributed by atoms with Gasteiger partial charge in [0.25, 0.3) is 0 Å². The third kappa shape index (κ3) is 4.51. The van der Waals surface area contributed by atoms with Gasteiger partial charge in [-0.2, -0.15) is 27.1 Å². The monoisotopic (exact) mass is 449 g/mol. The second-order valence-electron chi connectivity index (χ2n) is 6.56. The van der Waals surface area contributed by atoms with Gasteiger partial charge in [-0.25, -0.2) is 4.68 Å². The Morgan fingerprint density at radius 1 is 1.23 bits per heavy atom. The van der Waals surface area contributed by atoms with E-state index in [1.807, 2.05) is 0 Å². The van der Waals surface area contributed by atoms with Crippen LogP contribution in [0.4, 0.5) is 33.3 Å². The summed E-state index contributed by atoms with van der Waals surface area (Å²) in [5, 5.41) is 14.9. The first-order valence-corrected chi connectivity index (χ1v) is 8.83. The number of halogens is 5. The third-order valence-electron chi connectivity index (χ3n) is 4.76. The number of methoxy groups -OCH3 is 1. The molecule has 2 aromatic rings. The van der Waals surface area contributed by atoms with Gasteiger partial charge in [-0.05, 0) is 0 Å². The Morgan fingerprint density at radius 3 is 2.35 bits per heavy atom. The van der Waals surface area contributed by atoms with Crippen LogP contribution in [0.2, 0.25) is 0 Å². The highest BCUT2D eigenvalue weighted by molar-refractivity contribution is 5.84. The van der Waals surface area contributed by atoms with E-state index in [-0.39, 0.29) is 43.1 Å². The number of amides is 1. The molecule has 1 aromatic carbocycles. The maximum atomic E-state index is 12.9. The molecular formula is C17H16F5N5O4. The second-order valence-corrected chi connectivity index (χ2v) is 6.56. The summed E-state index contributed by atoms with van der Waals surface area (Å²) in [5.41, 5.74) is 0.220. The van der Waals surface area contributed by atoms with E-state index in [1.165, 1.54) is 13.2 Å². The Balaban J connectivity index is 1.99. The Bertz CT molecular complexity index is 986. The topological polar surface area (TPSA) is 93.7 Å². The van der Waals surface area contributed by atoms with Crippen LogP contribution in [0.25, 0.3) is 11.1 Å². The zero-order valence-corrected chi connectivity index (χ0v) is 16.0. The zero-order chi connectivity index (χ0) is 22.9. The number of carbonyl (C=O) groups excluding carboxylic acids is 1. The van der Waals surface area contributed by atoms with Crippen LogP contribution in [0.3, 0.4) is 0 Å². The van der Waals surface area contributed by atoms with Crippen LogP contribution in [0.5, 0.6) is 5.75 Å². The largest absolute Gasteiger partial charge is 0.490 e. The lowest BCUT2D eigenvalue weighted by molar-refractivity contribution is -0.385. The van der Waals surface area contributed by atoms with E-state index in [9.17, 15) is 36.9 Å². The number of hydrogen-bond donors (Lipinski definition) is 0. The molecule has 0 saturated carbocycles. The first-order valence-electron chi connectivity index (χ1n) is 8.83. The van der Waals surface area contributed by atoms with E-state index in [1.54, 1.807) is 4.90 Å². The predicted molar refractivity (Wildman–Crippen MR) is 97.0 cm³/mol. The number of ether oxygens (including phenoxy) is 1. The molecule has 2 heterocycles. The van der Waals surface area contributed by atoms with Gasteiger partial charge in [0.2, 0.25) is 0 Å². The Labute approximate surface area is 171 Å². The van der Waals surface area contributed by atoms with Crippen molar-refractivity contribution in [3.05, 3.63) is 34.6 Å². The summed E-state index contributed by atoms with van der Waals surface area (Å²) in [6, 6.07) is 2.45. The number of rotatable bonds is 5. The number of aromatic nitrogens is 2. The van der Waals surface area contributed by atoms with Gasteiger partial charge >= 0.3 is 24.3 Å². The summed E-state index contributed by atoms with van der Waals surface area (Å²) in [7, 11) is 1.21. The molecule has 1 amide bonds. The molecule has 0 aliphatic carbocycles. The maximum Gasteiger partial charge on any atom is 0.471 e. The number of benzene rings is 1. The van der Waals surface area contributed by atoms with Gasteiger partial charge in [-0.15, -0.1) is 0 Å². The first-order chi connectivity index (χ1) is 14.5. The summed E-state index contributed by atoms with van der Waals surface area (Å²) >= 11 is 0. The fourth-order valence-electron chi connectivity index (χ4n) is 3.27. The molecule has 0 atom stereocenters. The zero-order valence-electron chi connectivity index (χ0n) is 16.0. The molecule has 0 radical (unpaired) electrons. The van der Waals surface area contributed by atoms with Crippen molar-refractivity contribution in [3.63, 3.8) is 0 Å². The normalized spacial score (nSPS) is 14.8. The minimum absolute atomic E-state index is 0.0151. The molecule has 1 aromatic heterocycles. The van der Waals surface area contributed by atoms with E-state index in [0.717, 1.165) is 18.5 Å². The minimum atomic E-state index is -4.99. The molecule has 0 bridgehead atoms.